The fourth-order valence-electron chi connectivity index (χ4n) is 4.22. The van der Waals surface area contributed by atoms with Gasteiger partial charge in [-0.15, -0.1) is 12.4 Å². The molecule has 2 aliphatic rings. The van der Waals surface area contributed by atoms with E-state index in [1.54, 1.807) is 18.5 Å². The minimum Gasteiger partial charge on any atom is -0.424 e. The second kappa shape index (κ2) is 8.23. The lowest BCUT2D eigenvalue weighted by Crippen LogP contribution is -2.44. The van der Waals surface area contributed by atoms with Gasteiger partial charge in [-0.3, -0.25) is 4.79 Å². The van der Waals surface area contributed by atoms with Crippen LogP contribution in [0.25, 0.3) is 0 Å². The van der Waals surface area contributed by atoms with Gasteiger partial charge in [0.05, 0.1) is 5.41 Å². The average Bonchev–Trinajstić information content (AvgIpc) is 3.10. The molecule has 0 unspecified atom stereocenters. The summed E-state index contributed by atoms with van der Waals surface area (Å²) in [7, 11) is 0. The maximum atomic E-state index is 13.1. The number of carbonyl (C=O) groups excluding carboxylic acids is 1. The van der Waals surface area contributed by atoms with Gasteiger partial charge in [-0.2, -0.15) is 0 Å². The lowest BCUT2D eigenvalue weighted by Gasteiger charge is -2.37. The molecular weight excluding hydrogens is 364 g/mol. The molecule has 0 radical (unpaired) electrons. The number of anilines is 1. The summed E-state index contributed by atoms with van der Waals surface area (Å²) in [5.74, 6) is 1.26. The Balaban J connectivity index is 0.00000210. The van der Waals surface area contributed by atoms with Crippen LogP contribution < -0.4 is 15.4 Å². The molecule has 2 atom stereocenters. The van der Waals surface area contributed by atoms with Crippen molar-refractivity contribution in [2.75, 3.05) is 18.4 Å². The van der Waals surface area contributed by atoms with Gasteiger partial charge in [0.15, 0.2) is 0 Å². The maximum absolute atomic E-state index is 13.1. The van der Waals surface area contributed by atoms with Crippen molar-refractivity contribution in [3.05, 3.63) is 42.2 Å². The highest BCUT2D eigenvalue weighted by Gasteiger charge is 2.49. The number of carbonyl (C=O) groups is 1. The zero-order chi connectivity index (χ0) is 18.0. The first kappa shape index (κ1) is 19.6. The molecule has 0 spiro atoms. The first-order valence-electron chi connectivity index (χ1n) is 9.25. The summed E-state index contributed by atoms with van der Waals surface area (Å²) < 4.78 is 5.66. The SMILES string of the molecule is Cc1cc(Oc2ncccn2)ccc1NC(=O)[C@@]12CCCC[C@H]1CNC2.Cl. The van der Waals surface area contributed by atoms with Crippen molar-refractivity contribution in [3.8, 4) is 11.8 Å². The summed E-state index contributed by atoms with van der Waals surface area (Å²) in [6, 6.07) is 7.68. The molecule has 0 bridgehead atoms. The molecule has 1 aliphatic heterocycles. The van der Waals surface area contributed by atoms with Gasteiger partial charge in [0.25, 0.3) is 0 Å². The van der Waals surface area contributed by atoms with E-state index < -0.39 is 0 Å². The fourth-order valence-corrected chi connectivity index (χ4v) is 4.22. The smallest absolute Gasteiger partial charge is 0.321 e. The number of aromatic nitrogens is 2. The van der Waals surface area contributed by atoms with Crippen molar-refractivity contribution in [2.45, 2.75) is 32.6 Å². The molecule has 2 heterocycles. The van der Waals surface area contributed by atoms with Gasteiger partial charge in [-0.1, -0.05) is 12.8 Å². The average molecular weight is 389 g/mol. The van der Waals surface area contributed by atoms with Gasteiger partial charge in [-0.25, -0.2) is 9.97 Å². The van der Waals surface area contributed by atoms with E-state index >= 15 is 0 Å². The van der Waals surface area contributed by atoms with E-state index in [1.165, 1.54) is 6.42 Å². The number of benzene rings is 1. The molecule has 144 valence electrons. The Kier molecular flexibility index (Phi) is 5.97. The Hall–Kier alpha value is -2.18. The largest absolute Gasteiger partial charge is 0.424 e. The number of hydrogen-bond acceptors (Lipinski definition) is 5. The van der Waals surface area contributed by atoms with Crippen LogP contribution in [0.1, 0.15) is 31.2 Å². The van der Waals surface area contributed by atoms with Crippen LogP contribution in [-0.2, 0) is 4.79 Å². The number of aryl methyl sites for hydroxylation is 1. The molecule has 1 aromatic carbocycles. The van der Waals surface area contributed by atoms with Crippen LogP contribution in [0.3, 0.4) is 0 Å². The quantitative estimate of drug-likeness (QED) is 0.834. The summed E-state index contributed by atoms with van der Waals surface area (Å²) in [5.41, 5.74) is 1.54. The second-order valence-corrected chi connectivity index (χ2v) is 7.29. The number of hydrogen-bond donors (Lipinski definition) is 2. The molecular formula is C20H25ClN4O2. The molecule has 6 nitrogen and oxygen atoms in total. The maximum Gasteiger partial charge on any atom is 0.321 e. The highest BCUT2D eigenvalue weighted by atomic mass is 35.5. The molecule has 1 saturated carbocycles. The van der Waals surface area contributed by atoms with Gasteiger partial charge in [0, 0.05) is 24.6 Å². The summed E-state index contributed by atoms with van der Waals surface area (Å²) in [4.78, 5) is 21.2. The third-order valence-electron chi connectivity index (χ3n) is 5.69. The molecule has 1 aromatic heterocycles. The lowest BCUT2D eigenvalue weighted by atomic mass is 9.67. The van der Waals surface area contributed by atoms with E-state index in [0.29, 0.717) is 17.7 Å². The van der Waals surface area contributed by atoms with Crippen LogP contribution in [0.15, 0.2) is 36.7 Å². The molecule has 4 rings (SSSR count). The molecule has 1 aliphatic carbocycles. The number of fused-ring (bicyclic) bond motifs is 1. The van der Waals surface area contributed by atoms with Crippen molar-refractivity contribution in [1.82, 2.24) is 15.3 Å². The van der Waals surface area contributed by atoms with Crippen LogP contribution in [-0.4, -0.2) is 29.0 Å². The van der Waals surface area contributed by atoms with E-state index in [-0.39, 0.29) is 23.7 Å². The number of nitrogens with one attached hydrogen (secondary N) is 2. The topological polar surface area (TPSA) is 76.1 Å². The monoisotopic (exact) mass is 388 g/mol. The second-order valence-electron chi connectivity index (χ2n) is 7.29. The first-order chi connectivity index (χ1) is 12.7. The van der Waals surface area contributed by atoms with Crippen LogP contribution in [0.4, 0.5) is 5.69 Å². The van der Waals surface area contributed by atoms with Crippen LogP contribution in [0.5, 0.6) is 11.8 Å². The van der Waals surface area contributed by atoms with Crippen molar-refractivity contribution >= 4 is 24.0 Å². The molecule has 7 heteroatoms. The van der Waals surface area contributed by atoms with Crippen molar-refractivity contribution in [1.29, 1.82) is 0 Å². The number of nitrogens with zero attached hydrogens (tertiary/aromatic N) is 2. The zero-order valence-electron chi connectivity index (χ0n) is 15.4. The lowest BCUT2D eigenvalue weighted by molar-refractivity contribution is -0.128. The number of rotatable bonds is 4. The fraction of sp³-hybridized carbons (Fsp3) is 0.450. The Labute approximate surface area is 165 Å². The molecule has 2 aromatic rings. The van der Waals surface area contributed by atoms with Crippen LogP contribution >= 0.6 is 12.4 Å². The van der Waals surface area contributed by atoms with Crippen LogP contribution in [0, 0.1) is 18.3 Å². The first-order valence-corrected chi connectivity index (χ1v) is 9.25. The van der Waals surface area contributed by atoms with E-state index in [4.69, 9.17) is 4.74 Å². The van der Waals surface area contributed by atoms with Gasteiger partial charge >= 0.3 is 6.01 Å². The van der Waals surface area contributed by atoms with Crippen LogP contribution in [0.2, 0.25) is 0 Å². The zero-order valence-corrected chi connectivity index (χ0v) is 16.2. The standard InChI is InChI=1S/C20H24N4O2.ClH/c1-14-11-16(26-19-22-9-4-10-23-19)6-7-17(14)24-18(25)20-8-3-2-5-15(20)12-21-13-20;/h4,6-7,9-11,15,21H,2-3,5,8,12-13H2,1H3,(H,24,25);1H/t15-,20+;/m0./s1. The minimum atomic E-state index is -0.252. The summed E-state index contributed by atoms with van der Waals surface area (Å²) in [6.45, 7) is 3.71. The van der Waals surface area contributed by atoms with Gasteiger partial charge < -0.3 is 15.4 Å². The van der Waals surface area contributed by atoms with E-state index in [1.807, 2.05) is 25.1 Å². The number of halogens is 1. The Morgan fingerprint density at radius 1 is 1.30 bits per heavy atom. The predicted molar refractivity (Wildman–Crippen MR) is 106 cm³/mol. The summed E-state index contributed by atoms with van der Waals surface area (Å²) in [6.07, 6.45) is 7.76. The Morgan fingerprint density at radius 2 is 2.11 bits per heavy atom. The summed E-state index contributed by atoms with van der Waals surface area (Å²) in [5, 5.41) is 6.60. The predicted octanol–water partition coefficient (Wildman–Crippen LogP) is 3.72. The molecule has 2 N–H and O–H groups in total. The molecule has 27 heavy (non-hydrogen) atoms. The van der Waals surface area contributed by atoms with Crippen molar-refractivity contribution < 1.29 is 9.53 Å². The van der Waals surface area contributed by atoms with Gasteiger partial charge in [0.1, 0.15) is 5.75 Å². The van der Waals surface area contributed by atoms with Crippen molar-refractivity contribution in [3.63, 3.8) is 0 Å². The molecule has 2 fully saturated rings. The minimum absolute atomic E-state index is 0. The normalized spacial score (nSPS) is 23.8. The van der Waals surface area contributed by atoms with E-state index in [2.05, 4.69) is 20.6 Å². The van der Waals surface area contributed by atoms with E-state index in [0.717, 1.165) is 43.6 Å². The number of amides is 1. The summed E-state index contributed by atoms with van der Waals surface area (Å²) >= 11 is 0. The van der Waals surface area contributed by atoms with Gasteiger partial charge in [0.2, 0.25) is 5.91 Å². The Bertz CT molecular complexity index is 802. The third-order valence-corrected chi connectivity index (χ3v) is 5.69. The number of ether oxygens (including phenoxy) is 1. The highest BCUT2D eigenvalue weighted by Crippen LogP contribution is 2.44. The van der Waals surface area contributed by atoms with Gasteiger partial charge in [-0.05, 0) is 62.1 Å². The Morgan fingerprint density at radius 3 is 2.89 bits per heavy atom. The van der Waals surface area contributed by atoms with E-state index in [9.17, 15) is 4.79 Å². The molecule has 1 amide bonds. The third kappa shape index (κ3) is 3.92. The highest BCUT2D eigenvalue weighted by molar-refractivity contribution is 5.96. The molecule has 1 saturated heterocycles. The van der Waals surface area contributed by atoms with Crippen molar-refractivity contribution in [2.24, 2.45) is 11.3 Å².